The number of hydrogen-bond acceptors (Lipinski definition) is 8. The number of rotatable bonds is 13. The van der Waals surface area contributed by atoms with Gasteiger partial charge in [0.25, 0.3) is 5.91 Å². The molecule has 3 N–H and O–H groups in total. The predicted molar refractivity (Wildman–Crippen MR) is 162 cm³/mol. The molecule has 2 aromatic carbocycles. The molecule has 0 radical (unpaired) electrons. The molecule has 0 spiro atoms. The number of amides is 1. The second-order valence-electron chi connectivity index (χ2n) is 10.9. The lowest BCUT2D eigenvalue weighted by molar-refractivity contribution is -0.297. The van der Waals surface area contributed by atoms with E-state index in [-0.39, 0.29) is 0 Å². The van der Waals surface area contributed by atoms with Crippen LogP contribution in [0.3, 0.4) is 0 Å². The van der Waals surface area contributed by atoms with Crippen LogP contribution in [0.15, 0.2) is 60.7 Å². The first-order valence-corrected chi connectivity index (χ1v) is 14.7. The maximum absolute atomic E-state index is 13.7. The molecule has 2 heterocycles. The first-order chi connectivity index (χ1) is 21.2. The number of hydroxylamine groups is 1. The number of halogens is 1. The zero-order chi connectivity index (χ0) is 31.6. The van der Waals surface area contributed by atoms with Crippen molar-refractivity contribution < 1.29 is 37.8 Å². The van der Waals surface area contributed by atoms with Gasteiger partial charge >= 0.3 is 11.9 Å². The molecule has 236 valence electrons. The molecule has 0 aliphatic carbocycles. The Morgan fingerprint density at radius 1 is 1.00 bits per heavy atom. The Balaban J connectivity index is 1.21. The van der Waals surface area contributed by atoms with Crippen molar-refractivity contribution in [2.45, 2.75) is 71.7 Å². The van der Waals surface area contributed by atoms with Gasteiger partial charge in [-0.1, -0.05) is 55.5 Å². The van der Waals surface area contributed by atoms with Crippen molar-refractivity contribution in [1.82, 2.24) is 15.8 Å². The number of hydrogen-bond donors (Lipinski definition) is 3. The molecule has 0 unspecified atom stereocenters. The van der Waals surface area contributed by atoms with E-state index in [0.29, 0.717) is 6.42 Å². The van der Waals surface area contributed by atoms with Crippen molar-refractivity contribution in [3.05, 3.63) is 83.1 Å². The number of aromatic amines is 1. The Bertz CT molecular complexity index is 1460. The highest BCUT2D eigenvalue weighted by Crippen LogP contribution is 2.31. The van der Waals surface area contributed by atoms with E-state index in [1.54, 1.807) is 13.0 Å². The summed E-state index contributed by atoms with van der Waals surface area (Å²) in [6.45, 7) is 6.69. The summed E-state index contributed by atoms with van der Waals surface area (Å²) in [5.74, 6) is -2.53. The molecule has 1 aliphatic rings. The fraction of sp³-hybridized carbons (Fsp3) is 0.424. The molecule has 1 fully saturated rings. The van der Waals surface area contributed by atoms with Crippen molar-refractivity contribution in [3.63, 3.8) is 0 Å². The Morgan fingerprint density at radius 2 is 1.68 bits per heavy atom. The van der Waals surface area contributed by atoms with Crippen LogP contribution in [0.1, 0.15) is 43.2 Å². The van der Waals surface area contributed by atoms with Gasteiger partial charge in [0.05, 0.1) is 5.92 Å². The summed E-state index contributed by atoms with van der Waals surface area (Å²) in [6, 6.07) is 16.5. The summed E-state index contributed by atoms with van der Waals surface area (Å²) in [7, 11) is 0. The lowest BCUT2D eigenvalue weighted by Gasteiger charge is -2.42. The van der Waals surface area contributed by atoms with Gasteiger partial charge in [0.15, 0.2) is 12.4 Å². The number of benzene rings is 2. The number of carbonyl (C=O) groups excluding carboxylic acids is 3. The highest BCUT2D eigenvalue weighted by Gasteiger charge is 2.48. The monoisotopic (exact) mass is 609 g/mol. The number of nitrogens with one attached hydrogen (secondary N) is 3. The zero-order valence-electron chi connectivity index (χ0n) is 25.4. The molecular formula is C33H40FN3O7. The van der Waals surface area contributed by atoms with Gasteiger partial charge in [-0.25, -0.2) is 14.7 Å². The predicted octanol–water partition coefficient (Wildman–Crippen LogP) is 4.15. The third-order valence-electron chi connectivity index (χ3n) is 7.53. The van der Waals surface area contributed by atoms with E-state index in [2.05, 4.69) is 53.0 Å². The second-order valence-corrected chi connectivity index (χ2v) is 10.9. The number of H-pyrrole nitrogens is 1. The number of alkyl halides is 1. The summed E-state index contributed by atoms with van der Waals surface area (Å²) in [5.41, 5.74) is 8.18. The number of esters is 2. The molecular weight excluding hydrogens is 569 g/mol. The Hall–Kier alpha value is -4.06. The van der Waals surface area contributed by atoms with Gasteiger partial charge in [0.2, 0.25) is 0 Å². The minimum atomic E-state index is -1.24. The van der Waals surface area contributed by atoms with Crippen LogP contribution >= 0.6 is 0 Å². The number of ether oxygens (including phenoxy) is 3. The van der Waals surface area contributed by atoms with Crippen molar-refractivity contribution in [3.8, 4) is 0 Å². The van der Waals surface area contributed by atoms with Crippen molar-refractivity contribution in [2.75, 3.05) is 13.2 Å². The molecule has 10 nitrogen and oxygen atoms in total. The Labute approximate surface area is 256 Å². The number of carbonyl (C=O) groups is 3. The Kier molecular flexibility index (Phi) is 11.6. The Morgan fingerprint density at radius 3 is 2.39 bits per heavy atom. The van der Waals surface area contributed by atoms with Crippen molar-refractivity contribution in [1.29, 1.82) is 0 Å². The maximum atomic E-state index is 13.7. The SMILES string of the molecule is CC(=O)O[C@@H]1[C@@H](C)[C@H](ONC(=O)/C=C/Cc2ccc(CNCCc3c(C)[nH]c4ccccc34)cc2)O[C@H](CF)[C@@H]1OC(C)=O. The molecule has 0 bridgehead atoms. The van der Waals surface area contributed by atoms with Gasteiger partial charge in [-0.05, 0) is 49.1 Å². The van der Waals surface area contributed by atoms with Crippen molar-refractivity contribution in [2.24, 2.45) is 5.92 Å². The first-order valence-electron chi connectivity index (χ1n) is 14.7. The van der Waals surface area contributed by atoms with E-state index in [4.69, 9.17) is 19.0 Å². The van der Waals surface area contributed by atoms with Crippen LogP contribution < -0.4 is 10.8 Å². The summed E-state index contributed by atoms with van der Waals surface area (Å²) >= 11 is 0. The average molecular weight is 610 g/mol. The summed E-state index contributed by atoms with van der Waals surface area (Å²) in [4.78, 5) is 44.4. The van der Waals surface area contributed by atoms with Crippen LogP contribution in [0.2, 0.25) is 0 Å². The van der Waals surface area contributed by atoms with E-state index < -0.39 is 55.0 Å². The third-order valence-corrected chi connectivity index (χ3v) is 7.53. The quantitative estimate of drug-likeness (QED) is 0.114. The van der Waals surface area contributed by atoms with Crippen LogP contribution in [-0.2, 0) is 52.8 Å². The topological polar surface area (TPSA) is 128 Å². The number of aryl methyl sites for hydroxylation is 1. The maximum Gasteiger partial charge on any atom is 0.303 e. The normalized spacial score (nSPS) is 21.8. The van der Waals surface area contributed by atoms with E-state index >= 15 is 0 Å². The fourth-order valence-corrected chi connectivity index (χ4v) is 5.35. The summed E-state index contributed by atoms with van der Waals surface area (Å²) in [5, 5.41) is 4.78. The van der Waals surface area contributed by atoms with Gasteiger partial charge < -0.3 is 24.5 Å². The lowest BCUT2D eigenvalue weighted by Crippen LogP contribution is -2.58. The van der Waals surface area contributed by atoms with Crippen LogP contribution in [0.4, 0.5) is 4.39 Å². The highest BCUT2D eigenvalue weighted by atomic mass is 19.1. The number of fused-ring (bicyclic) bond motifs is 1. The fourth-order valence-electron chi connectivity index (χ4n) is 5.35. The van der Waals surface area contributed by atoms with Gasteiger partial charge in [0.1, 0.15) is 18.9 Å². The first kappa shape index (κ1) is 32.8. The molecule has 1 aromatic heterocycles. The van der Waals surface area contributed by atoms with E-state index in [1.165, 1.54) is 42.1 Å². The molecule has 44 heavy (non-hydrogen) atoms. The average Bonchev–Trinajstić information content (AvgIpc) is 3.31. The second kappa shape index (κ2) is 15.6. The van der Waals surface area contributed by atoms with Gasteiger partial charge in [-0.15, -0.1) is 0 Å². The minimum absolute atomic E-state index is 0.528. The summed E-state index contributed by atoms with van der Waals surface area (Å²) in [6.07, 6.45) is -0.0604. The molecule has 3 aromatic rings. The van der Waals surface area contributed by atoms with E-state index in [9.17, 15) is 18.8 Å². The van der Waals surface area contributed by atoms with Crippen LogP contribution in [0.25, 0.3) is 10.9 Å². The lowest BCUT2D eigenvalue weighted by atomic mass is 9.92. The van der Waals surface area contributed by atoms with E-state index in [0.717, 1.165) is 30.6 Å². The molecule has 1 saturated heterocycles. The smallest absolute Gasteiger partial charge is 0.303 e. The molecule has 1 amide bonds. The van der Waals surface area contributed by atoms with Gasteiger partial charge in [-0.3, -0.25) is 14.4 Å². The van der Waals surface area contributed by atoms with Gasteiger partial charge in [0, 0.05) is 43.1 Å². The highest BCUT2D eigenvalue weighted by molar-refractivity contribution is 5.86. The number of para-hydroxylation sites is 1. The third kappa shape index (κ3) is 8.75. The molecule has 11 heteroatoms. The van der Waals surface area contributed by atoms with Crippen LogP contribution in [0.5, 0.6) is 0 Å². The minimum Gasteiger partial charge on any atom is -0.458 e. The standard InChI is InChI=1S/C33H40FN3O7/c1-20-31(41-22(3)38)32(42-23(4)39)29(18-34)43-33(20)44-37-30(40)11-7-8-24-12-14-25(15-13-24)19-35-17-16-26-21(2)36-28-10-6-5-9-27(26)28/h5-7,9-15,20,29,31-33,35-36H,8,16-19H2,1-4H3,(H,37,40)/b11-7+/t20-,29-,31-,32+,33+/m1/s1. The number of allylic oxidation sites excluding steroid dienone is 1. The molecule has 4 rings (SSSR count). The zero-order valence-corrected chi connectivity index (χ0v) is 25.4. The van der Waals surface area contributed by atoms with Gasteiger partial charge in [-0.2, -0.15) is 0 Å². The number of aromatic nitrogens is 1. The molecule has 1 aliphatic heterocycles. The van der Waals surface area contributed by atoms with Crippen LogP contribution in [0, 0.1) is 12.8 Å². The van der Waals surface area contributed by atoms with E-state index in [1.807, 2.05) is 18.2 Å². The summed E-state index contributed by atoms with van der Waals surface area (Å²) < 4.78 is 29.8. The molecule has 0 saturated carbocycles. The van der Waals surface area contributed by atoms with Crippen LogP contribution in [-0.4, -0.2) is 60.7 Å². The largest absolute Gasteiger partial charge is 0.458 e. The molecule has 5 atom stereocenters. The van der Waals surface area contributed by atoms with Crippen molar-refractivity contribution >= 4 is 28.7 Å².